The Morgan fingerprint density at radius 1 is 1.12 bits per heavy atom. The third-order valence-electron chi connectivity index (χ3n) is 6.05. The fourth-order valence-corrected chi connectivity index (χ4v) is 4.26. The predicted molar refractivity (Wildman–Crippen MR) is 121 cm³/mol. The molecule has 4 rings (SSSR count). The van der Waals surface area contributed by atoms with E-state index in [1.807, 2.05) is 36.4 Å². The Morgan fingerprint density at radius 2 is 1.94 bits per heavy atom. The van der Waals surface area contributed by atoms with E-state index in [1.165, 1.54) is 12.1 Å². The van der Waals surface area contributed by atoms with Crippen molar-refractivity contribution in [3.8, 4) is 16.9 Å². The second kappa shape index (κ2) is 9.92. The van der Waals surface area contributed by atoms with Crippen LogP contribution < -0.4 is 10.1 Å². The number of hydrogen-bond donors (Lipinski definition) is 1. The number of carbonyl (C=O) groups excluding carboxylic acids is 1. The Labute approximate surface area is 187 Å². The summed E-state index contributed by atoms with van der Waals surface area (Å²) in [7, 11) is 1.57. The molecule has 1 N–H and O–H groups in total. The minimum absolute atomic E-state index is 0.0263. The van der Waals surface area contributed by atoms with Crippen molar-refractivity contribution in [3.05, 3.63) is 83.9 Å². The monoisotopic (exact) mass is 434 g/mol. The van der Waals surface area contributed by atoms with Crippen molar-refractivity contribution in [1.82, 2.24) is 10.3 Å². The summed E-state index contributed by atoms with van der Waals surface area (Å²) < 4.78 is 24.9. The SMILES string of the molecule is COc1ccc(F)cc1-c1cccc(CC2(C(=O)NCc3cccnc3)CCOCC2)c1. The third kappa shape index (κ3) is 4.97. The van der Waals surface area contributed by atoms with Crippen LogP contribution in [0, 0.1) is 11.2 Å². The summed E-state index contributed by atoms with van der Waals surface area (Å²) in [5.74, 6) is 0.318. The van der Waals surface area contributed by atoms with Crippen LogP contribution in [0.2, 0.25) is 0 Å². The Kier molecular flexibility index (Phi) is 6.81. The number of ether oxygens (including phenoxy) is 2. The second-order valence-electron chi connectivity index (χ2n) is 8.16. The number of pyridine rings is 1. The highest BCUT2D eigenvalue weighted by atomic mass is 19.1. The Morgan fingerprint density at radius 3 is 2.69 bits per heavy atom. The highest BCUT2D eigenvalue weighted by Crippen LogP contribution is 2.37. The molecular weight excluding hydrogens is 407 g/mol. The van der Waals surface area contributed by atoms with Crippen LogP contribution in [0.4, 0.5) is 4.39 Å². The zero-order valence-electron chi connectivity index (χ0n) is 18.1. The Balaban J connectivity index is 1.57. The highest BCUT2D eigenvalue weighted by molar-refractivity contribution is 5.83. The lowest BCUT2D eigenvalue weighted by atomic mass is 9.74. The van der Waals surface area contributed by atoms with Crippen molar-refractivity contribution >= 4 is 5.91 Å². The molecule has 0 spiro atoms. The lowest BCUT2D eigenvalue weighted by Gasteiger charge is -2.36. The van der Waals surface area contributed by atoms with Gasteiger partial charge in [-0.1, -0.05) is 30.3 Å². The van der Waals surface area contributed by atoms with E-state index in [1.54, 1.807) is 25.6 Å². The molecule has 0 bridgehead atoms. The summed E-state index contributed by atoms with van der Waals surface area (Å²) in [5.41, 5.74) is 2.98. The molecule has 1 fully saturated rings. The van der Waals surface area contributed by atoms with Crippen molar-refractivity contribution < 1.29 is 18.7 Å². The molecule has 5 nitrogen and oxygen atoms in total. The first-order valence-electron chi connectivity index (χ1n) is 10.8. The van der Waals surface area contributed by atoms with Gasteiger partial charge in [0.2, 0.25) is 5.91 Å². The number of amides is 1. The van der Waals surface area contributed by atoms with Crippen molar-refractivity contribution in [1.29, 1.82) is 0 Å². The molecule has 166 valence electrons. The second-order valence-corrected chi connectivity index (χ2v) is 8.16. The normalized spacial score (nSPS) is 15.2. The van der Waals surface area contributed by atoms with Crippen molar-refractivity contribution in [2.75, 3.05) is 20.3 Å². The van der Waals surface area contributed by atoms with Gasteiger partial charge in [0.1, 0.15) is 11.6 Å². The zero-order chi connectivity index (χ0) is 22.4. The first kappa shape index (κ1) is 22.0. The van der Waals surface area contributed by atoms with Crippen LogP contribution in [-0.2, 0) is 22.5 Å². The highest BCUT2D eigenvalue weighted by Gasteiger charge is 2.40. The molecular formula is C26H27FN2O3. The van der Waals surface area contributed by atoms with E-state index in [0.29, 0.717) is 50.3 Å². The summed E-state index contributed by atoms with van der Waals surface area (Å²) in [4.78, 5) is 17.5. The minimum atomic E-state index is -0.550. The summed E-state index contributed by atoms with van der Waals surface area (Å²) >= 11 is 0. The van der Waals surface area contributed by atoms with E-state index < -0.39 is 5.41 Å². The van der Waals surface area contributed by atoms with E-state index in [0.717, 1.165) is 16.7 Å². The summed E-state index contributed by atoms with van der Waals surface area (Å²) in [5, 5.41) is 3.10. The van der Waals surface area contributed by atoms with Gasteiger partial charge in [0.25, 0.3) is 0 Å². The summed E-state index contributed by atoms with van der Waals surface area (Å²) in [6.45, 7) is 1.55. The summed E-state index contributed by atoms with van der Waals surface area (Å²) in [6.07, 6.45) is 5.36. The number of benzene rings is 2. The molecule has 0 saturated carbocycles. The molecule has 32 heavy (non-hydrogen) atoms. The van der Waals surface area contributed by atoms with Crippen LogP contribution in [0.25, 0.3) is 11.1 Å². The average molecular weight is 435 g/mol. The molecule has 0 atom stereocenters. The number of rotatable bonds is 7. The van der Waals surface area contributed by atoms with Gasteiger partial charge in [-0.05, 0) is 60.2 Å². The molecule has 0 unspecified atom stereocenters. The van der Waals surface area contributed by atoms with Crippen LogP contribution in [0.1, 0.15) is 24.0 Å². The fraction of sp³-hybridized carbons (Fsp3) is 0.308. The predicted octanol–water partition coefficient (Wildman–Crippen LogP) is 4.55. The summed E-state index contributed by atoms with van der Waals surface area (Å²) in [6, 6.07) is 16.2. The lowest BCUT2D eigenvalue weighted by molar-refractivity contribution is -0.136. The molecule has 1 aromatic heterocycles. The Hall–Kier alpha value is -3.25. The number of halogens is 1. The molecule has 6 heteroatoms. The molecule has 0 radical (unpaired) electrons. The van der Waals surface area contributed by atoms with Crippen LogP contribution in [0.3, 0.4) is 0 Å². The van der Waals surface area contributed by atoms with Gasteiger partial charge in [0.15, 0.2) is 0 Å². The van der Waals surface area contributed by atoms with Gasteiger partial charge in [-0.3, -0.25) is 9.78 Å². The average Bonchev–Trinajstić information content (AvgIpc) is 2.84. The fourth-order valence-electron chi connectivity index (χ4n) is 4.26. The first-order chi connectivity index (χ1) is 15.6. The smallest absolute Gasteiger partial charge is 0.226 e. The Bertz CT molecular complexity index is 1070. The van der Waals surface area contributed by atoms with Gasteiger partial charge in [-0.25, -0.2) is 4.39 Å². The molecule has 0 aliphatic carbocycles. The number of methoxy groups -OCH3 is 1. The van der Waals surface area contributed by atoms with E-state index in [-0.39, 0.29) is 11.7 Å². The maximum absolute atomic E-state index is 13.9. The quantitative estimate of drug-likeness (QED) is 0.593. The molecule has 3 aromatic rings. The van der Waals surface area contributed by atoms with Crippen molar-refractivity contribution in [3.63, 3.8) is 0 Å². The first-order valence-corrected chi connectivity index (χ1v) is 10.8. The van der Waals surface area contributed by atoms with Crippen LogP contribution in [-0.4, -0.2) is 31.2 Å². The van der Waals surface area contributed by atoms with Crippen molar-refractivity contribution in [2.24, 2.45) is 5.41 Å². The molecule has 2 heterocycles. The topological polar surface area (TPSA) is 60.5 Å². The molecule has 1 saturated heterocycles. The van der Waals surface area contributed by atoms with Gasteiger partial charge in [-0.2, -0.15) is 0 Å². The van der Waals surface area contributed by atoms with E-state index in [9.17, 15) is 9.18 Å². The van der Waals surface area contributed by atoms with E-state index in [2.05, 4.69) is 10.3 Å². The minimum Gasteiger partial charge on any atom is -0.496 e. The number of nitrogens with zero attached hydrogens (tertiary/aromatic N) is 1. The van der Waals surface area contributed by atoms with Crippen LogP contribution >= 0.6 is 0 Å². The maximum Gasteiger partial charge on any atom is 0.226 e. The van der Waals surface area contributed by atoms with Gasteiger partial charge in [0, 0.05) is 37.7 Å². The van der Waals surface area contributed by atoms with E-state index in [4.69, 9.17) is 9.47 Å². The number of aromatic nitrogens is 1. The maximum atomic E-state index is 13.9. The van der Waals surface area contributed by atoms with E-state index >= 15 is 0 Å². The number of nitrogens with one attached hydrogen (secondary N) is 1. The van der Waals surface area contributed by atoms with Crippen LogP contribution in [0.5, 0.6) is 5.75 Å². The standard InChI is InChI=1S/C26H27FN2O3/c1-31-24-8-7-22(27)15-23(24)21-6-2-4-19(14-21)16-26(9-12-32-13-10-26)25(30)29-18-20-5-3-11-28-17-20/h2-8,11,14-15,17H,9-10,12-13,16,18H2,1H3,(H,29,30). The largest absolute Gasteiger partial charge is 0.496 e. The van der Waals surface area contributed by atoms with Gasteiger partial charge in [-0.15, -0.1) is 0 Å². The van der Waals surface area contributed by atoms with Crippen molar-refractivity contribution in [2.45, 2.75) is 25.8 Å². The number of carbonyl (C=O) groups is 1. The number of hydrogen-bond acceptors (Lipinski definition) is 4. The third-order valence-corrected chi connectivity index (χ3v) is 6.05. The molecule has 1 amide bonds. The van der Waals surface area contributed by atoms with Gasteiger partial charge < -0.3 is 14.8 Å². The molecule has 1 aliphatic rings. The molecule has 2 aromatic carbocycles. The zero-order valence-corrected chi connectivity index (χ0v) is 18.1. The lowest BCUT2D eigenvalue weighted by Crippen LogP contribution is -2.45. The van der Waals surface area contributed by atoms with Crippen LogP contribution in [0.15, 0.2) is 67.0 Å². The molecule has 1 aliphatic heterocycles. The van der Waals surface area contributed by atoms with Gasteiger partial charge >= 0.3 is 0 Å². The van der Waals surface area contributed by atoms with Gasteiger partial charge in [0.05, 0.1) is 12.5 Å².